The number of hydrogen-bond acceptors (Lipinski definition) is 3. The van der Waals surface area contributed by atoms with Gasteiger partial charge in [0.15, 0.2) is 5.69 Å². The molecule has 0 aromatic rings. The quantitative estimate of drug-likeness (QED) is 0.587. The SMILES string of the molecule is C=Cn1nc2ccnc-2o1. The van der Waals surface area contributed by atoms with Crippen LogP contribution in [0.5, 0.6) is 0 Å². The van der Waals surface area contributed by atoms with Gasteiger partial charge in [0.05, 0.1) is 6.20 Å². The minimum atomic E-state index is 0.542. The molecule has 0 spiro atoms. The maximum atomic E-state index is 5.03. The van der Waals surface area contributed by atoms with Gasteiger partial charge in [0.25, 0.3) is 5.89 Å². The molecule has 0 aromatic carbocycles. The second-order valence-electron chi connectivity index (χ2n) is 1.81. The second-order valence-corrected chi connectivity index (χ2v) is 1.81. The molecule has 0 aromatic heterocycles. The van der Waals surface area contributed by atoms with E-state index in [1.165, 1.54) is 11.1 Å². The molecule has 0 bridgehead atoms. The van der Waals surface area contributed by atoms with Crippen LogP contribution in [0.25, 0.3) is 17.8 Å². The monoisotopic (exact) mass is 135 g/mol. The summed E-state index contributed by atoms with van der Waals surface area (Å²) in [6.07, 6.45) is 3.12. The van der Waals surface area contributed by atoms with Crippen LogP contribution in [0.1, 0.15) is 0 Å². The molecule has 2 aliphatic heterocycles. The van der Waals surface area contributed by atoms with E-state index >= 15 is 0 Å². The maximum absolute atomic E-state index is 5.03. The van der Waals surface area contributed by atoms with Crippen LogP contribution in [0.3, 0.4) is 0 Å². The highest BCUT2D eigenvalue weighted by molar-refractivity contribution is 5.47. The van der Waals surface area contributed by atoms with Gasteiger partial charge in [0, 0.05) is 6.20 Å². The Morgan fingerprint density at radius 1 is 1.70 bits per heavy atom. The van der Waals surface area contributed by atoms with E-state index in [1.807, 2.05) is 0 Å². The van der Waals surface area contributed by atoms with Gasteiger partial charge in [0.2, 0.25) is 0 Å². The summed E-state index contributed by atoms with van der Waals surface area (Å²) in [6, 6.07) is 1.78. The van der Waals surface area contributed by atoms with Crippen LogP contribution in [0.15, 0.2) is 23.4 Å². The molecule has 0 N–H and O–H groups in total. The Morgan fingerprint density at radius 3 is 3.30 bits per heavy atom. The minimum absolute atomic E-state index is 0.542. The molecule has 0 atom stereocenters. The highest BCUT2D eigenvalue weighted by Crippen LogP contribution is 2.16. The zero-order valence-electron chi connectivity index (χ0n) is 5.19. The average Bonchev–Trinajstić information content (AvgIpc) is 2.42. The van der Waals surface area contributed by atoms with E-state index < -0.39 is 0 Å². The lowest BCUT2D eigenvalue weighted by molar-refractivity contribution is 0.336. The normalized spacial score (nSPS) is 10.4. The van der Waals surface area contributed by atoms with Gasteiger partial charge in [-0.05, 0) is 6.07 Å². The molecule has 0 radical (unpaired) electrons. The summed E-state index contributed by atoms with van der Waals surface area (Å²) < 4.78 is 5.03. The first kappa shape index (κ1) is 5.22. The molecule has 0 fully saturated rings. The van der Waals surface area contributed by atoms with Crippen molar-refractivity contribution in [3.05, 3.63) is 18.8 Å². The molecule has 0 amide bonds. The van der Waals surface area contributed by atoms with Gasteiger partial charge >= 0.3 is 0 Å². The first-order valence-corrected chi connectivity index (χ1v) is 2.83. The third kappa shape index (κ3) is 0.556. The lowest BCUT2D eigenvalue weighted by Crippen LogP contribution is -1.82. The number of nitrogens with zero attached hydrogens (tertiary/aromatic N) is 3. The number of fused-ring (bicyclic) bond motifs is 1. The summed E-state index contributed by atoms with van der Waals surface area (Å²) in [6.45, 7) is 3.48. The van der Waals surface area contributed by atoms with Gasteiger partial charge in [-0.15, -0.1) is 5.10 Å². The van der Waals surface area contributed by atoms with Crippen molar-refractivity contribution >= 4 is 6.20 Å². The highest BCUT2D eigenvalue weighted by Gasteiger charge is 2.09. The van der Waals surface area contributed by atoms with Crippen molar-refractivity contribution in [3.8, 4) is 11.6 Å². The summed E-state index contributed by atoms with van der Waals surface area (Å²) in [7, 11) is 0. The molecule has 0 aliphatic carbocycles. The van der Waals surface area contributed by atoms with Crippen molar-refractivity contribution in [1.82, 2.24) is 14.9 Å². The van der Waals surface area contributed by atoms with Crippen LogP contribution in [-0.2, 0) is 0 Å². The molecule has 2 aliphatic rings. The Balaban J connectivity index is 2.67. The fraction of sp³-hybridized carbons (Fsp3) is 0. The lowest BCUT2D eigenvalue weighted by Gasteiger charge is -1.80. The predicted molar refractivity (Wildman–Crippen MR) is 35.3 cm³/mol. The summed E-state index contributed by atoms with van der Waals surface area (Å²) in [4.78, 5) is 5.16. The highest BCUT2D eigenvalue weighted by atomic mass is 16.5. The second kappa shape index (κ2) is 1.70. The maximum Gasteiger partial charge on any atom is 0.276 e. The smallest absolute Gasteiger partial charge is 0.276 e. The Bertz CT molecular complexity index is 296. The van der Waals surface area contributed by atoms with Gasteiger partial charge in [-0.25, -0.2) is 4.98 Å². The van der Waals surface area contributed by atoms with Crippen LogP contribution in [0.4, 0.5) is 0 Å². The third-order valence-electron chi connectivity index (χ3n) is 1.19. The van der Waals surface area contributed by atoms with Gasteiger partial charge in [-0.3, -0.25) is 0 Å². The van der Waals surface area contributed by atoms with Crippen LogP contribution < -0.4 is 0 Å². The molecule has 50 valence electrons. The topological polar surface area (TPSA) is 43.9 Å². The van der Waals surface area contributed by atoms with Crippen LogP contribution in [0, 0.1) is 0 Å². The molecule has 0 saturated carbocycles. The first-order valence-electron chi connectivity index (χ1n) is 2.83. The van der Waals surface area contributed by atoms with E-state index in [1.54, 1.807) is 12.3 Å². The van der Waals surface area contributed by atoms with Crippen molar-refractivity contribution in [1.29, 1.82) is 0 Å². The fourth-order valence-corrected chi connectivity index (χ4v) is 0.753. The van der Waals surface area contributed by atoms with E-state index in [-0.39, 0.29) is 0 Å². The van der Waals surface area contributed by atoms with Gasteiger partial charge in [-0.1, -0.05) is 11.4 Å². The Labute approximate surface area is 57.1 Å². The molecular weight excluding hydrogens is 130 g/mol. The summed E-state index contributed by atoms with van der Waals surface area (Å²) in [5.74, 6) is 0.542. The largest absolute Gasteiger partial charge is 0.335 e. The predicted octanol–water partition coefficient (Wildman–Crippen LogP) is 1.08. The van der Waals surface area contributed by atoms with Crippen molar-refractivity contribution < 1.29 is 4.52 Å². The van der Waals surface area contributed by atoms with E-state index in [2.05, 4.69) is 16.7 Å². The van der Waals surface area contributed by atoms with Crippen LogP contribution >= 0.6 is 0 Å². The molecule has 2 heterocycles. The van der Waals surface area contributed by atoms with Crippen LogP contribution in [0.2, 0.25) is 0 Å². The molecule has 0 saturated heterocycles. The number of rotatable bonds is 1. The third-order valence-corrected chi connectivity index (χ3v) is 1.19. The van der Waals surface area contributed by atoms with Gasteiger partial charge in [0.1, 0.15) is 0 Å². The lowest BCUT2D eigenvalue weighted by atomic mass is 10.5. The zero-order valence-corrected chi connectivity index (χ0v) is 5.19. The molecule has 4 heteroatoms. The molecule has 0 unspecified atom stereocenters. The fourth-order valence-electron chi connectivity index (χ4n) is 0.753. The minimum Gasteiger partial charge on any atom is -0.335 e. The Kier molecular flexibility index (Phi) is 0.887. The molecule has 10 heavy (non-hydrogen) atoms. The summed E-state index contributed by atoms with van der Waals surface area (Å²) in [5.41, 5.74) is 0.750. The summed E-state index contributed by atoms with van der Waals surface area (Å²) >= 11 is 0. The van der Waals surface area contributed by atoms with Crippen molar-refractivity contribution in [3.63, 3.8) is 0 Å². The van der Waals surface area contributed by atoms with E-state index in [4.69, 9.17) is 4.52 Å². The average molecular weight is 135 g/mol. The molecule has 4 nitrogen and oxygen atoms in total. The van der Waals surface area contributed by atoms with E-state index in [9.17, 15) is 0 Å². The van der Waals surface area contributed by atoms with Crippen molar-refractivity contribution in [2.75, 3.05) is 0 Å². The Morgan fingerprint density at radius 2 is 2.60 bits per heavy atom. The van der Waals surface area contributed by atoms with Crippen molar-refractivity contribution in [2.24, 2.45) is 0 Å². The summed E-state index contributed by atoms with van der Waals surface area (Å²) in [5, 5.41) is 3.96. The zero-order chi connectivity index (χ0) is 6.97. The standard InChI is InChI=1S/C6H5N3O/c1-2-9-8-5-3-4-7-6(5)10-9/h2-4H,1H2. The van der Waals surface area contributed by atoms with Crippen molar-refractivity contribution in [2.45, 2.75) is 0 Å². The molecular formula is C6H5N3O. The number of hydrogen-bond donors (Lipinski definition) is 0. The van der Waals surface area contributed by atoms with Crippen LogP contribution in [-0.4, -0.2) is 14.9 Å². The van der Waals surface area contributed by atoms with E-state index in [0.29, 0.717) is 5.89 Å². The van der Waals surface area contributed by atoms with E-state index in [0.717, 1.165) is 5.69 Å². The van der Waals surface area contributed by atoms with Gasteiger partial charge < -0.3 is 4.52 Å². The Hall–Kier alpha value is -1.58. The molecule has 2 rings (SSSR count). The van der Waals surface area contributed by atoms with Gasteiger partial charge in [-0.2, -0.15) is 0 Å². The first-order chi connectivity index (χ1) is 4.90. The number of aromatic nitrogens is 3.